The Kier molecular flexibility index (Phi) is 12.0. The Morgan fingerprint density at radius 3 is 0.516 bits per heavy atom. The molecule has 0 rings (SSSR count). The van der Waals surface area contributed by atoms with E-state index in [-0.39, 0.29) is 45.5 Å². The number of hydrogen-bond donors (Lipinski definition) is 0. The van der Waals surface area contributed by atoms with Crippen LogP contribution in [0.5, 0.6) is 0 Å². The van der Waals surface area contributed by atoms with Gasteiger partial charge in [-0.2, -0.15) is 52.7 Å². The standard InChI is InChI=1S/2C2F6NO4S2.Sr/c2*3-1(4,5)14(10,11)9-15(12,13)2(6,7)8;/q2*-1;+2. The van der Waals surface area contributed by atoms with Crippen LogP contribution in [0.1, 0.15) is 0 Å². The summed E-state index contributed by atoms with van der Waals surface area (Å²) in [6, 6.07) is 0. The number of halogens is 12. The van der Waals surface area contributed by atoms with E-state index in [1.807, 2.05) is 0 Å². The van der Waals surface area contributed by atoms with E-state index in [1.165, 1.54) is 0 Å². The Morgan fingerprint density at radius 1 is 0.355 bits per heavy atom. The first-order valence-electron chi connectivity index (χ1n) is 5.15. The van der Waals surface area contributed by atoms with E-state index in [2.05, 4.69) is 0 Å². The zero-order valence-electron chi connectivity index (χ0n) is 13.0. The topological polar surface area (TPSA) is 165 Å². The van der Waals surface area contributed by atoms with Crippen LogP contribution in [0.2, 0.25) is 0 Å². The zero-order valence-corrected chi connectivity index (χ0v) is 19.8. The Hall–Kier alpha value is 0.361. The fourth-order valence-corrected chi connectivity index (χ4v) is 3.85. The van der Waals surface area contributed by atoms with Gasteiger partial charge >= 0.3 is 67.5 Å². The molecule has 0 aliphatic rings. The molecule has 0 saturated heterocycles. The molecular formula is C4F12N2O8S4Sr. The second-order valence-corrected chi connectivity index (χ2v) is 10.7. The largest absolute Gasteiger partial charge is 2.00 e. The fourth-order valence-electron chi connectivity index (χ4n) is 0.427. The Bertz CT molecular complexity index is 862. The van der Waals surface area contributed by atoms with Gasteiger partial charge in [0.1, 0.15) is 0 Å². The van der Waals surface area contributed by atoms with Crippen molar-refractivity contribution >= 4 is 85.6 Å². The van der Waals surface area contributed by atoms with Crippen LogP contribution < -0.4 is 0 Å². The van der Waals surface area contributed by atoms with Gasteiger partial charge in [0.05, 0.1) is 0 Å². The summed E-state index contributed by atoms with van der Waals surface area (Å²) in [7, 11) is -26.9. The molecule has 0 amide bonds. The Labute approximate surface area is 200 Å². The third-order valence-electron chi connectivity index (χ3n) is 1.56. The van der Waals surface area contributed by atoms with Crippen LogP contribution in [0.25, 0.3) is 8.25 Å². The van der Waals surface area contributed by atoms with E-state index >= 15 is 0 Å². The molecule has 0 bridgehead atoms. The molecule has 184 valence electrons. The normalized spacial score (nSPS) is 14.8. The summed E-state index contributed by atoms with van der Waals surface area (Å²) in [4.78, 5) is 0. The van der Waals surface area contributed by atoms with Crippen molar-refractivity contribution < 1.29 is 86.4 Å². The van der Waals surface area contributed by atoms with Gasteiger partial charge in [-0.25, -0.2) is 33.7 Å². The molecule has 0 atom stereocenters. The van der Waals surface area contributed by atoms with Crippen molar-refractivity contribution in [3.05, 3.63) is 8.25 Å². The second kappa shape index (κ2) is 10.3. The molecule has 0 aromatic carbocycles. The summed E-state index contributed by atoms with van der Waals surface area (Å²) in [6.07, 6.45) is 0. The Balaban J connectivity index is -0.000000490. The molecule has 31 heavy (non-hydrogen) atoms. The van der Waals surface area contributed by atoms with Crippen molar-refractivity contribution in [2.45, 2.75) is 22.0 Å². The van der Waals surface area contributed by atoms with Crippen LogP contribution in [0.4, 0.5) is 52.7 Å². The number of sulfonamides is 4. The maximum absolute atomic E-state index is 11.4. The van der Waals surface area contributed by atoms with Crippen molar-refractivity contribution in [3.8, 4) is 0 Å². The summed E-state index contributed by atoms with van der Waals surface area (Å²) >= 11 is 0. The molecular weight excluding hydrogens is 648 g/mol. The maximum atomic E-state index is 11.4. The summed E-state index contributed by atoms with van der Waals surface area (Å²) in [5.74, 6) is 0. The first-order valence-corrected chi connectivity index (χ1v) is 10.9. The average Bonchev–Trinajstić information content (AvgIpc) is 2.30. The molecule has 10 nitrogen and oxygen atoms in total. The Morgan fingerprint density at radius 2 is 0.452 bits per heavy atom. The molecule has 0 aliphatic carbocycles. The minimum absolute atomic E-state index is 0. The smallest absolute Gasteiger partial charge is 0.421 e. The number of hydrogen-bond acceptors (Lipinski definition) is 8. The first kappa shape index (κ1) is 35.9. The van der Waals surface area contributed by atoms with Crippen molar-refractivity contribution in [2.24, 2.45) is 0 Å². The van der Waals surface area contributed by atoms with Gasteiger partial charge in [-0.3, -0.25) is 0 Å². The summed E-state index contributed by atoms with van der Waals surface area (Å²) in [6.45, 7) is 0. The van der Waals surface area contributed by atoms with E-state index < -0.39 is 62.1 Å². The van der Waals surface area contributed by atoms with Gasteiger partial charge in [0.15, 0.2) is 40.1 Å². The minimum atomic E-state index is -6.72. The van der Waals surface area contributed by atoms with Gasteiger partial charge in [-0.15, -0.1) is 0 Å². The molecule has 0 aromatic rings. The van der Waals surface area contributed by atoms with Gasteiger partial charge in [-0.05, 0) is 0 Å². The summed E-state index contributed by atoms with van der Waals surface area (Å²) in [5, 5.41) is 0. The SMILES string of the molecule is O=S(=O)([N-]S(=O)(=O)C(F)(F)F)C(F)(F)F.O=S(=O)([N-]S(=O)(=O)C(F)(F)F)C(F)(F)F.[Sr+2]. The van der Waals surface area contributed by atoms with E-state index in [9.17, 15) is 86.4 Å². The van der Waals surface area contributed by atoms with E-state index in [1.54, 1.807) is 0 Å². The molecule has 0 heterocycles. The monoisotopic (exact) mass is 648 g/mol. The predicted molar refractivity (Wildman–Crippen MR) is 72.4 cm³/mol. The molecule has 0 N–H and O–H groups in total. The molecule has 0 saturated carbocycles. The number of rotatable bonds is 4. The van der Waals surface area contributed by atoms with Gasteiger partial charge in [-0.1, -0.05) is 0 Å². The first-order chi connectivity index (χ1) is 12.4. The van der Waals surface area contributed by atoms with Crippen LogP contribution in [-0.4, -0.2) is 101 Å². The third-order valence-corrected chi connectivity index (χ3v) is 7.04. The summed E-state index contributed by atoms with van der Waals surface area (Å²) < 4.78 is 218. The van der Waals surface area contributed by atoms with Crippen LogP contribution in [0, 0.1) is 0 Å². The van der Waals surface area contributed by atoms with Gasteiger partial charge in [0.2, 0.25) is 0 Å². The van der Waals surface area contributed by atoms with Crippen LogP contribution in [-0.2, 0) is 40.1 Å². The molecule has 0 fully saturated rings. The van der Waals surface area contributed by atoms with Crippen LogP contribution in [0.15, 0.2) is 0 Å². The predicted octanol–water partition coefficient (Wildman–Crippen LogP) is 1.74. The molecule has 0 aromatic heterocycles. The second-order valence-electron chi connectivity index (χ2n) is 3.83. The third kappa shape index (κ3) is 10.4. The van der Waals surface area contributed by atoms with Crippen LogP contribution >= 0.6 is 0 Å². The molecule has 0 radical (unpaired) electrons. The number of alkyl halides is 12. The molecule has 0 unspecified atom stereocenters. The summed E-state index contributed by atoms with van der Waals surface area (Å²) in [5.41, 5.74) is -24.8. The van der Waals surface area contributed by atoms with Crippen LogP contribution in [0.3, 0.4) is 0 Å². The van der Waals surface area contributed by atoms with Crippen molar-refractivity contribution in [1.29, 1.82) is 0 Å². The molecule has 27 heteroatoms. The quantitative estimate of drug-likeness (QED) is 0.329. The van der Waals surface area contributed by atoms with Crippen molar-refractivity contribution in [1.82, 2.24) is 0 Å². The molecule has 0 spiro atoms. The zero-order chi connectivity index (χ0) is 25.4. The van der Waals surface area contributed by atoms with E-state index in [0.717, 1.165) is 8.25 Å². The van der Waals surface area contributed by atoms with E-state index in [4.69, 9.17) is 0 Å². The maximum Gasteiger partial charge on any atom is 2.00 e. The average molecular weight is 648 g/mol. The molecule has 0 aliphatic heterocycles. The van der Waals surface area contributed by atoms with Gasteiger partial charge in [0, 0.05) is 0 Å². The van der Waals surface area contributed by atoms with Gasteiger partial charge < -0.3 is 8.25 Å². The number of nitrogens with zero attached hydrogens (tertiary/aromatic N) is 2. The minimum Gasteiger partial charge on any atom is -0.421 e. The fraction of sp³-hybridized carbons (Fsp3) is 1.00. The van der Waals surface area contributed by atoms with E-state index in [0.29, 0.717) is 0 Å². The van der Waals surface area contributed by atoms with Crippen molar-refractivity contribution in [3.63, 3.8) is 0 Å². The van der Waals surface area contributed by atoms with Gasteiger partial charge in [0.25, 0.3) is 0 Å². The van der Waals surface area contributed by atoms with Crippen molar-refractivity contribution in [2.75, 3.05) is 0 Å².